The van der Waals surface area contributed by atoms with Crippen molar-refractivity contribution in [2.75, 3.05) is 0 Å². The van der Waals surface area contributed by atoms with Crippen molar-refractivity contribution in [3.05, 3.63) is 34.4 Å². The topological polar surface area (TPSA) is 17.1 Å². The van der Waals surface area contributed by atoms with Gasteiger partial charge >= 0.3 is 0 Å². The van der Waals surface area contributed by atoms with Gasteiger partial charge in [-0.25, -0.2) is 0 Å². The molecule has 0 saturated heterocycles. The molecule has 0 aliphatic rings. The Morgan fingerprint density at radius 1 is 1.00 bits per heavy atom. The number of aldehydes is 1. The van der Waals surface area contributed by atoms with Gasteiger partial charge in [-0.05, 0) is 62.3 Å². The van der Waals surface area contributed by atoms with E-state index in [1.54, 1.807) is 0 Å². The molecule has 0 atom stereocenters. The Morgan fingerprint density at radius 2 is 1.67 bits per heavy atom. The van der Waals surface area contributed by atoms with Crippen molar-refractivity contribution in [2.45, 2.75) is 46.5 Å². The van der Waals surface area contributed by atoms with E-state index < -0.39 is 0 Å². The summed E-state index contributed by atoms with van der Waals surface area (Å²) in [6.07, 6.45) is 4.93. The summed E-state index contributed by atoms with van der Waals surface area (Å²) in [5.41, 5.74) is 5.54. The SMILES string of the molecule is Cc1cc(C)c(CCCCC=O)cc1C. The molecule has 1 aromatic carbocycles. The van der Waals surface area contributed by atoms with Crippen LogP contribution in [0.2, 0.25) is 0 Å². The normalized spacial score (nSPS) is 10.3. The molecule has 0 bridgehead atoms. The Morgan fingerprint density at radius 3 is 2.33 bits per heavy atom. The zero-order chi connectivity index (χ0) is 11.3. The van der Waals surface area contributed by atoms with Gasteiger partial charge in [0.25, 0.3) is 0 Å². The Kier molecular flexibility index (Phi) is 4.54. The molecule has 0 aliphatic heterocycles. The number of carbonyl (C=O) groups excluding carboxylic acids is 1. The monoisotopic (exact) mass is 204 g/mol. The average molecular weight is 204 g/mol. The van der Waals surface area contributed by atoms with Gasteiger partial charge in [-0.3, -0.25) is 0 Å². The second-order valence-corrected chi connectivity index (χ2v) is 4.28. The van der Waals surface area contributed by atoms with Gasteiger partial charge < -0.3 is 4.79 Å². The molecular weight excluding hydrogens is 184 g/mol. The first-order chi connectivity index (χ1) is 7.15. The molecular formula is C14H20O. The third kappa shape index (κ3) is 3.50. The van der Waals surface area contributed by atoms with E-state index in [2.05, 4.69) is 32.9 Å². The van der Waals surface area contributed by atoms with Gasteiger partial charge in [-0.2, -0.15) is 0 Å². The van der Waals surface area contributed by atoms with Crippen molar-refractivity contribution in [3.63, 3.8) is 0 Å². The summed E-state index contributed by atoms with van der Waals surface area (Å²) in [6, 6.07) is 4.54. The highest BCUT2D eigenvalue weighted by atomic mass is 16.1. The van der Waals surface area contributed by atoms with Crippen molar-refractivity contribution in [2.24, 2.45) is 0 Å². The summed E-state index contributed by atoms with van der Waals surface area (Å²) in [6.45, 7) is 6.48. The number of unbranched alkanes of at least 4 members (excludes halogenated alkanes) is 2. The van der Waals surface area contributed by atoms with Crippen LogP contribution in [0.1, 0.15) is 41.5 Å². The van der Waals surface area contributed by atoms with Crippen molar-refractivity contribution in [1.29, 1.82) is 0 Å². The minimum atomic E-state index is 0.698. The molecule has 15 heavy (non-hydrogen) atoms. The molecule has 0 N–H and O–H groups in total. The van der Waals surface area contributed by atoms with Crippen molar-refractivity contribution in [1.82, 2.24) is 0 Å². The van der Waals surface area contributed by atoms with Gasteiger partial charge in [0.2, 0.25) is 0 Å². The van der Waals surface area contributed by atoms with E-state index >= 15 is 0 Å². The van der Waals surface area contributed by atoms with E-state index in [-0.39, 0.29) is 0 Å². The molecule has 1 nitrogen and oxygen atoms in total. The van der Waals surface area contributed by atoms with Crippen molar-refractivity contribution < 1.29 is 4.79 Å². The predicted octanol–water partition coefficient (Wildman–Crippen LogP) is 3.52. The lowest BCUT2D eigenvalue weighted by molar-refractivity contribution is -0.107. The summed E-state index contributed by atoms with van der Waals surface area (Å²) in [7, 11) is 0. The van der Waals surface area contributed by atoms with Crippen molar-refractivity contribution in [3.8, 4) is 0 Å². The fourth-order valence-electron chi connectivity index (χ4n) is 1.83. The van der Waals surface area contributed by atoms with Gasteiger partial charge in [0, 0.05) is 6.42 Å². The summed E-state index contributed by atoms with van der Waals surface area (Å²) < 4.78 is 0. The number of aryl methyl sites for hydroxylation is 4. The minimum Gasteiger partial charge on any atom is -0.303 e. The third-order valence-electron chi connectivity index (χ3n) is 2.97. The molecule has 0 fully saturated rings. The van der Waals surface area contributed by atoms with Gasteiger partial charge in [0.05, 0.1) is 0 Å². The fraction of sp³-hybridized carbons (Fsp3) is 0.500. The largest absolute Gasteiger partial charge is 0.303 e. The van der Waals surface area contributed by atoms with E-state index in [0.29, 0.717) is 6.42 Å². The number of hydrogen-bond donors (Lipinski definition) is 0. The van der Waals surface area contributed by atoms with Gasteiger partial charge in [-0.15, -0.1) is 0 Å². The zero-order valence-corrected chi connectivity index (χ0v) is 9.97. The molecule has 0 aromatic heterocycles. The molecule has 0 radical (unpaired) electrons. The lowest BCUT2D eigenvalue weighted by atomic mass is 9.97. The Hall–Kier alpha value is -1.11. The van der Waals surface area contributed by atoms with Crippen LogP contribution in [0.15, 0.2) is 12.1 Å². The lowest BCUT2D eigenvalue weighted by Gasteiger charge is -2.09. The quantitative estimate of drug-likeness (QED) is 0.529. The maximum atomic E-state index is 10.2. The van der Waals surface area contributed by atoms with Crippen LogP contribution in [0.5, 0.6) is 0 Å². The average Bonchev–Trinajstić information content (AvgIpc) is 2.20. The smallest absolute Gasteiger partial charge is 0.119 e. The lowest BCUT2D eigenvalue weighted by Crippen LogP contribution is -1.93. The highest BCUT2D eigenvalue weighted by molar-refractivity contribution is 5.49. The number of hydrogen-bond acceptors (Lipinski definition) is 1. The van der Waals surface area contributed by atoms with E-state index in [4.69, 9.17) is 0 Å². The molecule has 1 heteroatoms. The van der Waals surface area contributed by atoms with Crippen LogP contribution in [-0.4, -0.2) is 6.29 Å². The number of benzene rings is 1. The molecule has 0 spiro atoms. The fourth-order valence-corrected chi connectivity index (χ4v) is 1.83. The Balaban J connectivity index is 2.61. The second kappa shape index (κ2) is 5.69. The maximum Gasteiger partial charge on any atom is 0.119 e. The zero-order valence-electron chi connectivity index (χ0n) is 9.97. The molecule has 0 aliphatic carbocycles. The summed E-state index contributed by atoms with van der Waals surface area (Å²) in [4.78, 5) is 10.2. The van der Waals surface area contributed by atoms with Crippen LogP contribution < -0.4 is 0 Å². The molecule has 1 aromatic rings. The standard InChI is InChI=1S/C14H20O/c1-11-9-13(3)14(10-12(11)2)7-5-4-6-8-15/h8-10H,4-7H2,1-3H3. The van der Waals surface area contributed by atoms with E-state index in [1.165, 1.54) is 22.3 Å². The van der Waals surface area contributed by atoms with E-state index in [9.17, 15) is 4.79 Å². The van der Waals surface area contributed by atoms with Crippen LogP contribution in [0.4, 0.5) is 0 Å². The number of rotatable bonds is 5. The predicted molar refractivity (Wildman–Crippen MR) is 64.3 cm³/mol. The molecule has 0 saturated carbocycles. The van der Waals surface area contributed by atoms with Crippen LogP contribution in [-0.2, 0) is 11.2 Å². The molecule has 0 heterocycles. The maximum absolute atomic E-state index is 10.2. The first-order valence-corrected chi connectivity index (χ1v) is 5.65. The van der Waals surface area contributed by atoms with Gasteiger partial charge in [-0.1, -0.05) is 12.1 Å². The highest BCUT2D eigenvalue weighted by Gasteiger charge is 2.01. The van der Waals surface area contributed by atoms with E-state index in [1.807, 2.05) is 0 Å². The molecule has 0 unspecified atom stereocenters. The minimum absolute atomic E-state index is 0.698. The van der Waals surface area contributed by atoms with Gasteiger partial charge in [0.1, 0.15) is 6.29 Å². The van der Waals surface area contributed by atoms with Gasteiger partial charge in [0.15, 0.2) is 0 Å². The van der Waals surface area contributed by atoms with E-state index in [0.717, 1.165) is 25.5 Å². The summed E-state index contributed by atoms with van der Waals surface area (Å²) in [5.74, 6) is 0. The third-order valence-corrected chi connectivity index (χ3v) is 2.97. The number of carbonyl (C=O) groups is 1. The Labute approximate surface area is 92.5 Å². The molecule has 82 valence electrons. The molecule has 1 rings (SSSR count). The first kappa shape index (κ1) is 12.0. The van der Waals surface area contributed by atoms with Crippen LogP contribution in [0, 0.1) is 20.8 Å². The summed E-state index contributed by atoms with van der Waals surface area (Å²) in [5, 5.41) is 0. The van der Waals surface area contributed by atoms with Crippen LogP contribution in [0.25, 0.3) is 0 Å². The highest BCUT2D eigenvalue weighted by Crippen LogP contribution is 2.17. The Bertz CT molecular complexity index is 339. The summed E-state index contributed by atoms with van der Waals surface area (Å²) >= 11 is 0. The van der Waals surface area contributed by atoms with Crippen LogP contribution >= 0.6 is 0 Å². The van der Waals surface area contributed by atoms with Crippen LogP contribution in [0.3, 0.4) is 0 Å². The second-order valence-electron chi connectivity index (χ2n) is 4.28. The van der Waals surface area contributed by atoms with Crippen molar-refractivity contribution >= 4 is 6.29 Å². The molecule has 0 amide bonds. The first-order valence-electron chi connectivity index (χ1n) is 5.65.